The summed E-state index contributed by atoms with van der Waals surface area (Å²) in [6, 6.07) is 61.1. The van der Waals surface area contributed by atoms with Crippen molar-refractivity contribution in [3.05, 3.63) is 182 Å². The van der Waals surface area contributed by atoms with E-state index < -0.39 is 0 Å². The van der Waals surface area contributed by atoms with Crippen molar-refractivity contribution in [3.63, 3.8) is 0 Å². The van der Waals surface area contributed by atoms with Gasteiger partial charge >= 0.3 is 0 Å². The smallest absolute Gasteiger partial charge is 0.144 e. The Bertz CT molecular complexity index is 3010. The Labute approximate surface area is 312 Å². The fourth-order valence-corrected chi connectivity index (χ4v) is 7.91. The zero-order chi connectivity index (χ0) is 36.2. The molecule has 3 heterocycles. The normalized spacial score (nSPS) is 11.5. The lowest BCUT2D eigenvalue weighted by molar-refractivity contribution is 0.476. The predicted octanol–water partition coefficient (Wildman–Crippen LogP) is 12.1. The van der Waals surface area contributed by atoms with Crippen LogP contribution < -0.4 is 0 Å². The van der Waals surface area contributed by atoms with Gasteiger partial charge in [-0.25, -0.2) is 4.98 Å². The lowest BCUT2D eigenvalue weighted by atomic mass is 9.98. The molecule has 5 nitrogen and oxygen atoms in total. The van der Waals surface area contributed by atoms with Gasteiger partial charge in [0.15, 0.2) is 0 Å². The average Bonchev–Trinajstić information content (AvgIpc) is 3.76. The molecule has 10 aromatic rings. The third-order valence-electron chi connectivity index (χ3n) is 10.5. The van der Waals surface area contributed by atoms with Crippen LogP contribution in [0.3, 0.4) is 0 Å². The van der Waals surface area contributed by atoms with Gasteiger partial charge in [-0.2, -0.15) is 0 Å². The molecule has 0 saturated heterocycles. The summed E-state index contributed by atoms with van der Waals surface area (Å²) >= 11 is 0. The molecule has 3 aromatic heterocycles. The summed E-state index contributed by atoms with van der Waals surface area (Å²) < 4.78 is 4.44. The number of aryl methyl sites for hydroxylation is 1. The van der Waals surface area contributed by atoms with Gasteiger partial charge in [0.25, 0.3) is 0 Å². The quantitative estimate of drug-likeness (QED) is 0.188. The molecule has 5 heteroatoms. The summed E-state index contributed by atoms with van der Waals surface area (Å²) in [6.45, 7) is 0. The van der Waals surface area contributed by atoms with E-state index in [0.29, 0.717) is 5.56 Å². The number of rotatable bonds is 6. The number of hydrogen-bond donors (Lipinski definition) is 1. The van der Waals surface area contributed by atoms with Crippen LogP contribution in [0.1, 0.15) is 0 Å². The number of fused-ring (bicyclic) bond motifs is 4. The molecule has 0 saturated carbocycles. The number of para-hydroxylation sites is 4. The van der Waals surface area contributed by atoms with E-state index >= 15 is 0 Å². The lowest BCUT2D eigenvalue weighted by Crippen LogP contribution is -1.96. The van der Waals surface area contributed by atoms with E-state index in [1.54, 1.807) is 6.07 Å². The third kappa shape index (κ3) is 5.17. The maximum absolute atomic E-state index is 10.6. The molecule has 0 aliphatic heterocycles. The van der Waals surface area contributed by atoms with E-state index in [9.17, 15) is 5.11 Å². The predicted molar refractivity (Wildman–Crippen MR) is 222 cm³/mol. The molecule has 256 valence electrons. The van der Waals surface area contributed by atoms with Gasteiger partial charge in [-0.1, -0.05) is 121 Å². The Kier molecular flexibility index (Phi) is 7.44. The van der Waals surface area contributed by atoms with E-state index in [1.807, 2.05) is 36.0 Å². The highest BCUT2D eigenvalue weighted by Gasteiger charge is 2.19. The summed E-state index contributed by atoms with van der Waals surface area (Å²) in [7, 11) is 1.99. The van der Waals surface area contributed by atoms with Crippen molar-refractivity contribution in [3.8, 4) is 67.5 Å². The van der Waals surface area contributed by atoms with Gasteiger partial charge < -0.3 is 14.2 Å². The van der Waals surface area contributed by atoms with E-state index in [0.717, 1.165) is 56.1 Å². The number of hydrogen-bond acceptors (Lipinski definition) is 3. The minimum atomic E-state index is 0.211. The maximum atomic E-state index is 10.6. The monoisotopic (exact) mass is 694 g/mol. The molecule has 0 aliphatic carbocycles. The highest BCUT2D eigenvalue weighted by atomic mass is 16.3. The van der Waals surface area contributed by atoms with Crippen LogP contribution in [0.4, 0.5) is 0 Å². The molecular weight excluding hydrogens is 661 g/mol. The van der Waals surface area contributed by atoms with Gasteiger partial charge in [-0.15, -0.1) is 0 Å². The standard InChI is InChI=1S/C49H34N4O/c1-52-45-22-11-18-38(47(45)51-49(52)42-17-6-8-23-46(42)54)34-14-9-15-36(30-34)43-31-35(28-29-50-43)39-19-10-20-41-40-16-5-7-21-44(40)53(48(39)41)37-26-24-33(25-27-37)32-12-3-2-4-13-32/h2-31,54H,1H3. The highest BCUT2D eigenvalue weighted by Crippen LogP contribution is 2.40. The molecule has 10 rings (SSSR count). The number of aromatic hydroxyl groups is 1. The highest BCUT2D eigenvalue weighted by molar-refractivity contribution is 6.14. The van der Waals surface area contributed by atoms with Gasteiger partial charge in [0.1, 0.15) is 11.6 Å². The number of imidazole rings is 1. The first-order chi connectivity index (χ1) is 26.6. The molecule has 0 fully saturated rings. The third-order valence-corrected chi connectivity index (χ3v) is 10.5. The number of phenolic OH excluding ortho intramolecular Hbond substituents is 1. The summed E-state index contributed by atoms with van der Waals surface area (Å²) in [6.07, 6.45) is 1.91. The first-order valence-electron chi connectivity index (χ1n) is 18.1. The summed E-state index contributed by atoms with van der Waals surface area (Å²) in [5, 5.41) is 13.1. The van der Waals surface area contributed by atoms with Gasteiger partial charge in [-0.3, -0.25) is 4.98 Å². The van der Waals surface area contributed by atoms with Crippen LogP contribution in [0.2, 0.25) is 0 Å². The lowest BCUT2D eigenvalue weighted by Gasteiger charge is -2.13. The zero-order valence-corrected chi connectivity index (χ0v) is 29.6. The van der Waals surface area contributed by atoms with Gasteiger partial charge in [0.2, 0.25) is 0 Å². The number of phenols is 1. The van der Waals surface area contributed by atoms with Crippen LogP contribution in [0.25, 0.3) is 94.6 Å². The summed E-state index contributed by atoms with van der Waals surface area (Å²) in [4.78, 5) is 9.95. The van der Waals surface area contributed by atoms with Crippen molar-refractivity contribution in [2.24, 2.45) is 7.05 Å². The molecule has 0 atom stereocenters. The van der Waals surface area contributed by atoms with Crippen LogP contribution in [-0.2, 0) is 7.05 Å². The Morgan fingerprint density at radius 2 is 1.11 bits per heavy atom. The average molecular weight is 695 g/mol. The van der Waals surface area contributed by atoms with Crippen molar-refractivity contribution >= 4 is 32.8 Å². The Morgan fingerprint density at radius 1 is 0.481 bits per heavy atom. The van der Waals surface area contributed by atoms with Crippen molar-refractivity contribution in [2.45, 2.75) is 0 Å². The van der Waals surface area contributed by atoms with Crippen molar-refractivity contribution < 1.29 is 5.11 Å². The van der Waals surface area contributed by atoms with E-state index in [4.69, 9.17) is 9.97 Å². The molecule has 0 bridgehead atoms. The maximum Gasteiger partial charge on any atom is 0.144 e. The van der Waals surface area contributed by atoms with E-state index in [1.165, 1.54) is 32.9 Å². The Hall–Kier alpha value is -7.24. The molecule has 54 heavy (non-hydrogen) atoms. The van der Waals surface area contributed by atoms with Crippen LogP contribution in [0.15, 0.2) is 182 Å². The van der Waals surface area contributed by atoms with Gasteiger partial charge in [0.05, 0.1) is 33.3 Å². The molecule has 0 radical (unpaired) electrons. The minimum Gasteiger partial charge on any atom is -0.507 e. The van der Waals surface area contributed by atoms with Crippen LogP contribution in [-0.4, -0.2) is 24.2 Å². The topological polar surface area (TPSA) is 55.9 Å². The fraction of sp³-hybridized carbons (Fsp3) is 0.0204. The van der Waals surface area contributed by atoms with Crippen LogP contribution in [0.5, 0.6) is 5.75 Å². The molecule has 0 spiro atoms. The first kappa shape index (κ1) is 31.5. The van der Waals surface area contributed by atoms with E-state index in [-0.39, 0.29) is 5.75 Å². The number of aromatic nitrogens is 4. The SMILES string of the molecule is Cn1c(-c2ccccc2O)nc2c(-c3cccc(-c4cc(-c5cccc6c7ccccc7n(-c7ccc(-c8ccccc8)cc7)c56)ccn4)c3)cccc21. The fourth-order valence-electron chi connectivity index (χ4n) is 7.91. The van der Waals surface area contributed by atoms with Crippen molar-refractivity contribution in [1.29, 1.82) is 0 Å². The molecule has 1 N–H and O–H groups in total. The van der Waals surface area contributed by atoms with Crippen molar-refractivity contribution in [1.82, 2.24) is 19.1 Å². The number of pyridine rings is 1. The minimum absolute atomic E-state index is 0.211. The zero-order valence-electron chi connectivity index (χ0n) is 29.6. The molecular formula is C49H34N4O. The molecule has 0 amide bonds. The second-order valence-corrected chi connectivity index (χ2v) is 13.7. The Morgan fingerprint density at radius 3 is 1.98 bits per heavy atom. The van der Waals surface area contributed by atoms with Crippen LogP contribution >= 0.6 is 0 Å². The Balaban J connectivity index is 1.08. The molecule has 0 aliphatic rings. The van der Waals surface area contributed by atoms with Crippen molar-refractivity contribution in [2.75, 3.05) is 0 Å². The van der Waals surface area contributed by atoms with Crippen LogP contribution in [0, 0.1) is 0 Å². The second-order valence-electron chi connectivity index (χ2n) is 13.7. The van der Waals surface area contributed by atoms with Gasteiger partial charge in [0, 0.05) is 46.4 Å². The summed E-state index contributed by atoms with van der Waals surface area (Å²) in [5.74, 6) is 0.933. The number of nitrogens with zero attached hydrogens (tertiary/aromatic N) is 4. The largest absolute Gasteiger partial charge is 0.507 e. The second kappa shape index (κ2) is 12.8. The number of benzene rings is 7. The van der Waals surface area contributed by atoms with Gasteiger partial charge in [-0.05, 0) is 76.9 Å². The molecule has 7 aromatic carbocycles. The van der Waals surface area contributed by atoms with E-state index in [2.05, 4.69) is 156 Å². The molecule has 0 unspecified atom stereocenters. The first-order valence-corrected chi connectivity index (χ1v) is 18.1. The summed E-state index contributed by atoms with van der Waals surface area (Å²) in [5.41, 5.74) is 14.7.